The molecule has 3 nitrogen and oxygen atoms in total. The van der Waals surface area contributed by atoms with Crippen LogP contribution in [0, 0.1) is 0 Å². The molecule has 19 heavy (non-hydrogen) atoms. The second kappa shape index (κ2) is 5.85. The molecule has 0 saturated carbocycles. The van der Waals surface area contributed by atoms with Gasteiger partial charge in [0.2, 0.25) is 0 Å². The summed E-state index contributed by atoms with van der Waals surface area (Å²) in [4.78, 5) is 16.1. The van der Waals surface area contributed by atoms with E-state index >= 15 is 0 Å². The highest BCUT2D eigenvalue weighted by Gasteiger charge is 2.09. The van der Waals surface area contributed by atoms with Crippen molar-refractivity contribution in [2.75, 3.05) is 5.32 Å². The predicted molar refractivity (Wildman–Crippen MR) is 77.7 cm³/mol. The van der Waals surface area contributed by atoms with Gasteiger partial charge in [-0.05, 0) is 35.7 Å². The maximum Gasteiger partial charge on any atom is 0.256 e. The Labute approximate surface area is 117 Å². The molecule has 0 bridgehead atoms. The van der Waals surface area contributed by atoms with Gasteiger partial charge in [0.25, 0.3) is 5.91 Å². The van der Waals surface area contributed by atoms with Gasteiger partial charge in [-0.3, -0.25) is 4.79 Å². The van der Waals surface area contributed by atoms with Crippen LogP contribution in [0.4, 0.5) is 5.82 Å². The van der Waals surface area contributed by atoms with Crippen molar-refractivity contribution in [3.8, 4) is 0 Å². The fourth-order valence-electron chi connectivity index (χ4n) is 1.68. The molecule has 1 N–H and O–H groups in total. The monoisotopic (exact) mass is 274 g/mol. The van der Waals surface area contributed by atoms with Crippen LogP contribution in [0.1, 0.15) is 35.7 Å². The molecule has 1 aromatic carbocycles. The van der Waals surface area contributed by atoms with Crippen molar-refractivity contribution in [1.82, 2.24) is 4.98 Å². The van der Waals surface area contributed by atoms with Crippen molar-refractivity contribution < 1.29 is 4.79 Å². The van der Waals surface area contributed by atoms with Crippen LogP contribution in [-0.4, -0.2) is 10.9 Å². The first kappa shape index (κ1) is 13.6. The molecule has 0 aliphatic heterocycles. The third-order valence-corrected chi connectivity index (χ3v) is 3.13. The molecule has 0 unspecified atom stereocenters. The van der Waals surface area contributed by atoms with Crippen LogP contribution in [0.3, 0.4) is 0 Å². The molecule has 1 heterocycles. The molecule has 0 saturated heterocycles. The smallest absolute Gasteiger partial charge is 0.256 e. The van der Waals surface area contributed by atoms with Gasteiger partial charge in [-0.25, -0.2) is 4.98 Å². The summed E-state index contributed by atoms with van der Waals surface area (Å²) in [5.41, 5.74) is 1.79. The van der Waals surface area contributed by atoms with Gasteiger partial charge in [-0.15, -0.1) is 0 Å². The van der Waals surface area contributed by atoms with Crippen LogP contribution in [0.25, 0.3) is 0 Å². The van der Waals surface area contributed by atoms with Crippen LogP contribution >= 0.6 is 11.6 Å². The number of aromatic nitrogens is 1. The van der Waals surface area contributed by atoms with Crippen molar-refractivity contribution in [1.29, 1.82) is 0 Å². The van der Waals surface area contributed by atoms with Crippen LogP contribution in [0.15, 0.2) is 42.6 Å². The molecular formula is C15H15ClN2O. The summed E-state index contributed by atoms with van der Waals surface area (Å²) in [6.07, 6.45) is 1.59. The highest BCUT2D eigenvalue weighted by Crippen LogP contribution is 2.19. The van der Waals surface area contributed by atoms with Crippen LogP contribution in [-0.2, 0) is 0 Å². The summed E-state index contributed by atoms with van der Waals surface area (Å²) in [6, 6.07) is 10.9. The Hall–Kier alpha value is -1.87. The quantitative estimate of drug-likeness (QED) is 0.915. The molecule has 98 valence electrons. The average Bonchev–Trinajstić information content (AvgIpc) is 2.41. The second-order valence-electron chi connectivity index (χ2n) is 4.56. The Balaban J connectivity index is 2.14. The average molecular weight is 275 g/mol. The Morgan fingerprint density at radius 2 is 1.89 bits per heavy atom. The third-order valence-electron chi connectivity index (χ3n) is 2.83. The summed E-state index contributed by atoms with van der Waals surface area (Å²) in [5.74, 6) is 0.611. The van der Waals surface area contributed by atoms with Gasteiger partial charge in [0.1, 0.15) is 0 Å². The minimum atomic E-state index is -0.212. The molecule has 0 aliphatic carbocycles. The van der Waals surface area contributed by atoms with Crippen molar-refractivity contribution in [3.63, 3.8) is 0 Å². The summed E-state index contributed by atoms with van der Waals surface area (Å²) < 4.78 is 0. The number of benzene rings is 1. The zero-order valence-corrected chi connectivity index (χ0v) is 11.6. The zero-order valence-electron chi connectivity index (χ0n) is 10.9. The fourth-order valence-corrected chi connectivity index (χ4v) is 1.85. The van der Waals surface area contributed by atoms with E-state index in [4.69, 9.17) is 11.6 Å². The predicted octanol–water partition coefficient (Wildman–Crippen LogP) is 4.11. The van der Waals surface area contributed by atoms with E-state index in [2.05, 4.69) is 24.1 Å². The number of carbonyl (C=O) groups excluding carboxylic acids is 1. The van der Waals surface area contributed by atoms with E-state index in [1.165, 1.54) is 5.56 Å². The molecule has 1 amide bonds. The molecule has 0 spiro atoms. The molecule has 2 rings (SSSR count). The zero-order chi connectivity index (χ0) is 13.8. The van der Waals surface area contributed by atoms with E-state index in [1.54, 1.807) is 18.3 Å². The number of amides is 1. The molecule has 2 aromatic rings. The van der Waals surface area contributed by atoms with Crippen LogP contribution in [0.2, 0.25) is 5.02 Å². The normalized spacial score (nSPS) is 10.5. The standard InChI is InChI=1S/C15H15ClN2O/c1-10(2)11-5-7-12(8-6-11)15(19)18-14-13(16)4-3-9-17-14/h3-10H,1-2H3,(H,17,18,19). The first-order valence-corrected chi connectivity index (χ1v) is 6.47. The van der Waals surface area contributed by atoms with Gasteiger partial charge in [-0.2, -0.15) is 0 Å². The number of halogens is 1. The Bertz CT molecular complexity index is 579. The fraction of sp³-hybridized carbons (Fsp3) is 0.200. The van der Waals surface area contributed by atoms with E-state index in [1.807, 2.05) is 24.3 Å². The molecule has 0 atom stereocenters. The number of carbonyl (C=O) groups is 1. The van der Waals surface area contributed by atoms with Gasteiger partial charge in [-0.1, -0.05) is 37.6 Å². The van der Waals surface area contributed by atoms with E-state index in [0.717, 1.165) is 0 Å². The maximum atomic E-state index is 12.0. The van der Waals surface area contributed by atoms with E-state index in [9.17, 15) is 4.79 Å². The van der Waals surface area contributed by atoms with Gasteiger partial charge < -0.3 is 5.32 Å². The number of nitrogens with one attached hydrogen (secondary N) is 1. The number of hydrogen-bond acceptors (Lipinski definition) is 2. The van der Waals surface area contributed by atoms with Gasteiger partial charge in [0.05, 0.1) is 5.02 Å². The van der Waals surface area contributed by atoms with Gasteiger partial charge >= 0.3 is 0 Å². The molecule has 4 heteroatoms. The molecule has 0 fully saturated rings. The van der Waals surface area contributed by atoms with Crippen LogP contribution < -0.4 is 5.32 Å². The van der Waals surface area contributed by atoms with E-state index in [-0.39, 0.29) is 5.91 Å². The third kappa shape index (κ3) is 3.32. The minimum Gasteiger partial charge on any atom is -0.305 e. The molecule has 0 aliphatic rings. The Kier molecular flexibility index (Phi) is 4.17. The summed E-state index contributed by atoms with van der Waals surface area (Å²) in [7, 11) is 0. The highest BCUT2D eigenvalue weighted by molar-refractivity contribution is 6.33. The topological polar surface area (TPSA) is 42.0 Å². The first-order valence-electron chi connectivity index (χ1n) is 6.09. The number of hydrogen-bond donors (Lipinski definition) is 1. The molecular weight excluding hydrogens is 260 g/mol. The maximum absolute atomic E-state index is 12.0. The lowest BCUT2D eigenvalue weighted by atomic mass is 10.0. The lowest BCUT2D eigenvalue weighted by molar-refractivity contribution is 0.102. The number of anilines is 1. The Morgan fingerprint density at radius 3 is 2.47 bits per heavy atom. The second-order valence-corrected chi connectivity index (χ2v) is 4.97. The summed E-state index contributed by atoms with van der Waals surface area (Å²) >= 11 is 5.95. The van der Waals surface area contributed by atoms with Crippen molar-refractivity contribution in [2.45, 2.75) is 19.8 Å². The van der Waals surface area contributed by atoms with Crippen molar-refractivity contribution in [2.24, 2.45) is 0 Å². The van der Waals surface area contributed by atoms with Crippen molar-refractivity contribution >= 4 is 23.3 Å². The lowest BCUT2D eigenvalue weighted by Crippen LogP contribution is -2.13. The number of pyridine rings is 1. The summed E-state index contributed by atoms with van der Waals surface area (Å²) in [5, 5.41) is 3.12. The van der Waals surface area contributed by atoms with E-state index in [0.29, 0.717) is 22.3 Å². The largest absolute Gasteiger partial charge is 0.305 e. The minimum absolute atomic E-state index is 0.212. The van der Waals surface area contributed by atoms with Gasteiger partial charge in [0, 0.05) is 11.8 Å². The molecule has 1 aromatic heterocycles. The van der Waals surface area contributed by atoms with E-state index < -0.39 is 0 Å². The Morgan fingerprint density at radius 1 is 1.21 bits per heavy atom. The lowest BCUT2D eigenvalue weighted by Gasteiger charge is -2.08. The summed E-state index contributed by atoms with van der Waals surface area (Å²) in [6.45, 7) is 4.23. The van der Waals surface area contributed by atoms with Crippen LogP contribution in [0.5, 0.6) is 0 Å². The van der Waals surface area contributed by atoms with Gasteiger partial charge in [0.15, 0.2) is 5.82 Å². The van der Waals surface area contributed by atoms with Crippen molar-refractivity contribution in [3.05, 3.63) is 58.7 Å². The SMILES string of the molecule is CC(C)c1ccc(C(=O)Nc2ncccc2Cl)cc1. The highest BCUT2D eigenvalue weighted by atomic mass is 35.5. The number of rotatable bonds is 3. The first-order chi connectivity index (χ1) is 9.08. The molecule has 0 radical (unpaired) electrons. The number of nitrogens with zero attached hydrogens (tertiary/aromatic N) is 1.